The van der Waals surface area contributed by atoms with Gasteiger partial charge in [-0.2, -0.15) is 0 Å². The number of alkyl carbamates (subject to hydrolysis) is 1. The monoisotopic (exact) mass is 813 g/mol. The van der Waals surface area contributed by atoms with Gasteiger partial charge >= 0.3 is 6.09 Å². The second-order valence-electron chi connectivity index (χ2n) is 21.7. The van der Waals surface area contributed by atoms with Gasteiger partial charge in [0.1, 0.15) is 5.60 Å². The first-order valence-electron chi connectivity index (χ1n) is 21.9. The number of nitrogens with one attached hydrogen (secondary N) is 2. The quantitative estimate of drug-likeness (QED) is 0.159. The number of carbonyl (C=O) groups is 5. The number of hydrogen-bond donors (Lipinski definition) is 2. The molecule has 12 heteroatoms. The lowest BCUT2D eigenvalue weighted by Gasteiger charge is -2.37. The first-order valence-corrected chi connectivity index (χ1v) is 23.4. The largest absolute Gasteiger partial charge is 0.444 e. The summed E-state index contributed by atoms with van der Waals surface area (Å²) in [6.45, 7) is 21.9. The van der Waals surface area contributed by atoms with E-state index in [0.29, 0.717) is 45.1 Å². The average Bonchev–Trinajstić information content (AvgIpc) is 4.02. The van der Waals surface area contributed by atoms with Gasteiger partial charge in [-0.05, 0) is 107 Å². The summed E-state index contributed by atoms with van der Waals surface area (Å²) >= 11 is 0. The van der Waals surface area contributed by atoms with Crippen LogP contribution in [0.15, 0.2) is 12.7 Å². The molecule has 2 N–H and O–H groups in total. The summed E-state index contributed by atoms with van der Waals surface area (Å²) in [5, 5.41) is 2.91. The lowest BCUT2D eigenvalue weighted by atomic mass is 9.73. The zero-order chi connectivity index (χ0) is 42.2. The Morgan fingerprint density at radius 2 is 1.54 bits per heavy atom. The maximum atomic E-state index is 15.2. The summed E-state index contributed by atoms with van der Waals surface area (Å²) in [4.78, 5) is 73.4. The van der Waals surface area contributed by atoms with Gasteiger partial charge in [0.2, 0.25) is 21.8 Å². The number of hydrogen-bond acceptors (Lipinski definition) is 8. The third-order valence-electron chi connectivity index (χ3n) is 16.0. The van der Waals surface area contributed by atoms with Gasteiger partial charge in [0.05, 0.1) is 22.2 Å². The van der Waals surface area contributed by atoms with Crippen LogP contribution in [0.3, 0.4) is 0 Å². The van der Waals surface area contributed by atoms with Crippen LogP contribution in [-0.4, -0.2) is 71.8 Å². The van der Waals surface area contributed by atoms with E-state index in [2.05, 4.69) is 30.5 Å². The van der Waals surface area contributed by atoms with E-state index >= 15 is 4.79 Å². The molecule has 3 amide bonds. The number of sulfonamides is 1. The summed E-state index contributed by atoms with van der Waals surface area (Å²) < 4.78 is 34.1. The fourth-order valence-corrected chi connectivity index (χ4v) is 13.7. The van der Waals surface area contributed by atoms with Crippen molar-refractivity contribution < 1.29 is 37.1 Å². The van der Waals surface area contributed by atoms with Crippen LogP contribution in [0.25, 0.3) is 0 Å². The van der Waals surface area contributed by atoms with E-state index in [1.165, 1.54) is 0 Å². The smallest absolute Gasteiger partial charge is 0.408 e. The molecule has 5 saturated carbocycles. The van der Waals surface area contributed by atoms with E-state index in [0.717, 1.165) is 51.4 Å². The van der Waals surface area contributed by atoms with E-state index in [4.69, 9.17) is 4.74 Å². The summed E-state index contributed by atoms with van der Waals surface area (Å²) in [6.07, 6.45) is 11.4. The van der Waals surface area contributed by atoms with Crippen LogP contribution in [0.5, 0.6) is 0 Å². The number of ether oxygens (including phenoxy) is 1. The number of carbonyl (C=O) groups excluding carboxylic acids is 5. The molecular formula is C45H71N3O8S. The molecule has 0 aromatic rings. The molecule has 320 valence electrons. The van der Waals surface area contributed by atoms with Crippen molar-refractivity contribution in [2.45, 2.75) is 187 Å². The summed E-state index contributed by atoms with van der Waals surface area (Å²) in [7, 11) is -3.95. The van der Waals surface area contributed by atoms with Crippen LogP contribution in [0.4, 0.5) is 4.79 Å². The van der Waals surface area contributed by atoms with Gasteiger partial charge in [-0.3, -0.25) is 23.9 Å². The zero-order valence-electron chi connectivity index (χ0n) is 36.3. The molecule has 0 radical (unpaired) electrons. The van der Waals surface area contributed by atoms with E-state index in [-0.39, 0.29) is 58.4 Å². The molecule has 57 heavy (non-hydrogen) atoms. The standard InChI is InChI=1S/C45H71N3O8S/c1-11-19-42(22-23-42)57(54,55)47-37(52)43(25-30(43)12-2)27-34(50)32-26-45(41(9,10)44(45)20-16-21-44)28-48(32)36(51)31(39(3,4)5)24-33(49)35(29-17-14-13-15-18-29)46-38(53)56-40(6,7)8/h12,29-32,35H,2,11,13-28H2,1,3-10H3,(H,46,53)(H,47,52)/t30-,31-,32+,35+,43-,45-/m1/s1. The van der Waals surface area contributed by atoms with E-state index in [1.807, 2.05) is 27.7 Å². The maximum absolute atomic E-state index is 15.2. The highest BCUT2D eigenvalue weighted by Crippen LogP contribution is 2.88. The van der Waals surface area contributed by atoms with Crippen molar-refractivity contribution in [3.63, 3.8) is 0 Å². The molecule has 5 aliphatic carbocycles. The number of fused-ring (bicyclic) bond motifs is 1. The number of nitrogens with zero attached hydrogens (tertiary/aromatic N) is 1. The minimum atomic E-state index is -3.95. The summed E-state index contributed by atoms with van der Waals surface area (Å²) in [5.74, 6) is -2.56. The number of rotatable bonds is 15. The summed E-state index contributed by atoms with van der Waals surface area (Å²) in [5.41, 5.74) is -3.01. The molecule has 6 aliphatic rings. The van der Waals surface area contributed by atoms with Crippen molar-refractivity contribution in [2.24, 2.45) is 44.8 Å². The Labute approximate surface area is 342 Å². The second-order valence-corrected chi connectivity index (χ2v) is 23.7. The Morgan fingerprint density at radius 3 is 2.02 bits per heavy atom. The van der Waals surface area contributed by atoms with Crippen molar-refractivity contribution >= 4 is 39.5 Å². The number of likely N-dealkylation sites (tertiary alicyclic amines) is 1. The van der Waals surface area contributed by atoms with Crippen molar-refractivity contribution in [3.8, 4) is 0 Å². The molecule has 11 nitrogen and oxygen atoms in total. The topological polar surface area (TPSA) is 156 Å². The van der Waals surface area contributed by atoms with Crippen LogP contribution in [-0.2, 0) is 33.9 Å². The number of amides is 3. The highest BCUT2D eigenvalue weighted by Gasteiger charge is 2.85. The van der Waals surface area contributed by atoms with Crippen molar-refractivity contribution in [1.82, 2.24) is 14.9 Å². The third-order valence-corrected chi connectivity index (χ3v) is 18.2. The normalized spacial score (nSPS) is 30.8. The molecular weight excluding hydrogens is 743 g/mol. The average molecular weight is 814 g/mol. The highest BCUT2D eigenvalue weighted by atomic mass is 32.2. The van der Waals surface area contributed by atoms with Gasteiger partial charge in [0.25, 0.3) is 0 Å². The molecule has 6 fully saturated rings. The van der Waals surface area contributed by atoms with Crippen LogP contribution in [0.2, 0.25) is 0 Å². The van der Waals surface area contributed by atoms with Crippen LogP contribution >= 0.6 is 0 Å². The van der Waals surface area contributed by atoms with E-state index in [9.17, 15) is 27.6 Å². The molecule has 0 unspecified atom stereocenters. The Hall–Kier alpha value is -2.76. The number of allylic oxidation sites excluding steroid dienone is 1. The Balaban J connectivity index is 1.28. The first kappa shape index (κ1) is 43.8. The fourth-order valence-electron chi connectivity index (χ4n) is 12.0. The predicted octanol–water partition coefficient (Wildman–Crippen LogP) is 7.81. The molecule has 0 bridgehead atoms. The van der Waals surface area contributed by atoms with Crippen molar-refractivity contribution in [3.05, 3.63) is 12.7 Å². The lowest BCUT2D eigenvalue weighted by Crippen LogP contribution is -2.52. The first-order chi connectivity index (χ1) is 26.4. The predicted molar refractivity (Wildman–Crippen MR) is 219 cm³/mol. The number of ketones is 2. The van der Waals surface area contributed by atoms with Gasteiger partial charge in [0, 0.05) is 30.7 Å². The highest BCUT2D eigenvalue weighted by molar-refractivity contribution is 7.91. The SMILES string of the molecule is C=C[C@@H]1C[C@]1(CC(=O)[C@@H]1C[C@@]2(CN1C(=O)[C@@H](CC(=O)[C@@H](NC(=O)OC(C)(C)C)C1CCCCC1)C(C)(C)C)C(C)(C)C21CCC1)C(=O)NS(=O)(=O)C1(CCC)CC1. The molecule has 6 atom stereocenters. The molecule has 6 rings (SSSR count). The molecule has 1 saturated heterocycles. The van der Waals surface area contributed by atoms with Gasteiger partial charge < -0.3 is 15.0 Å². The van der Waals surface area contributed by atoms with Crippen molar-refractivity contribution in [1.29, 1.82) is 0 Å². The molecule has 2 spiro atoms. The van der Waals surface area contributed by atoms with Crippen LogP contribution in [0, 0.1) is 44.8 Å². The van der Waals surface area contributed by atoms with Gasteiger partial charge in [-0.25, -0.2) is 13.2 Å². The molecule has 1 aliphatic heterocycles. The molecule has 0 aromatic carbocycles. The minimum absolute atomic E-state index is 0.0221. The van der Waals surface area contributed by atoms with Crippen molar-refractivity contribution in [2.75, 3.05) is 6.54 Å². The third kappa shape index (κ3) is 7.53. The Kier molecular flexibility index (Phi) is 11.3. The van der Waals surface area contributed by atoms with Gasteiger partial charge in [-0.1, -0.05) is 79.7 Å². The van der Waals surface area contributed by atoms with Gasteiger partial charge in [0.15, 0.2) is 11.6 Å². The summed E-state index contributed by atoms with van der Waals surface area (Å²) in [6, 6.07) is -1.61. The lowest BCUT2D eigenvalue weighted by molar-refractivity contribution is -0.146. The molecule has 1 heterocycles. The van der Waals surface area contributed by atoms with E-state index in [1.54, 1.807) is 31.7 Å². The Morgan fingerprint density at radius 1 is 0.912 bits per heavy atom. The fraction of sp³-hybridized carbons (Fsp3) is 0.844. The maximum Gasteiger partial charge on any atom is 0.408 e. The van der Waals surface area contributed by atoms with Gasteiger partial charge in [-0.15, -0.1) is 6.58 Å². The minimum Gasteiger partial charge on any atom is -0.444 e. The number of Topliss-reactive ketones (excluding diaryl/α,β-unsaturated/α-hetero) is 2. The molecule has 0 aromatic heterocycles. The Bertz CT molecular complexity index is 1760. The zero-order valence-corrected chi connectivity index (χ0v) is 37.1. The van der Waals surface area contributed by atoms with Crippen LogP contribution < -0.4 is 10.0 Å². The van der Waals surface area contributed by atoms with E-state index < -0.39 is 61.2 Å². The second kappa shape index (κ2) is 14.8. The van der Waals surface area contributed by atoms with Crippen LogP contribution in [0.1, 0.15) is 165 Å².